The van der Waals surface area contributed by atoms with Crippen LogP contribution in [0.5, 0.6) is 17.2 Å². The van der Waals surface area contributed by atoms with Crippen molar-refractivity contribution >= 4 is 22.9 Å². The topological polar surface area (TPSA) is 133 Å². The van der Waals surface area contributed by atoms with E-state index in [1.54, 1.807) is 35.2 Å². The van der Waals surface area contributed by atoms with Gasteiger partial charge in [0, 0.05) is 18.0 Å². The molecule has 3 rings (SSSR count). The van der Waals surface area contributed by atoms with Gasteiger partial charge in [-0.05, 0) is 17.7 Å². The Morgan fingerprint density at radius 1 is 1.22 bits per heavy atom. The molecule has 10 nitrogen and oxygen atoms in total. The molecule has 0 saturated carbocycles. The fraction of sp³-hybridized carbons (Fsp3) is 0.238. The van der Waals surface area contributed by atoms with Gasteiger partial charge in [-0.25, -0.2) is 4.98 Å². The zero-order valence-corrected chi connectivity index (χ0v) is 18.1. The van der Waals surface area contributed by atoms with Gasteiger partial charge in [0.05, 0.1) is 42.5 Å². The van der Waals surface area contributed by atoms with Gasteiger partial charge in [-0.1, -0.05) is 12.1 Å². The number of amides is 1. The first-order chi connectivity index (χ1) is 15.4. The number of nitrogens with zero attached hydrogens (tertiary/aromatic N) is 2. The number of benzene rings is 2. The maximum atomic E-state index is 12.7. The fourth-order valence-corrected chi connectivity index (χ4v) is 3.39. The van der Waals surface area contributed by atoms with Crippen LogP contribution in [0.25, 0.3) is 0 Å². The predicted molar refractivity (Wildman–Crippen MR) is 116 cm³/mol. The second-order valence-electron chi connectivity index (χ2n) is 6.54. The van der Waals surface area contributed by atoms with Crippen LogP contribution in [0.3, 0.4) is 0 Å². The third-order valence-electron chi connectivity index (χ3n) is 4.54. The number of aliphatic hydroxyl groups excluding tert-OH is 1. The van der Waals surface area contributed by atoms with Crippen LogP contribution >= 0.6 is 11.3 Å². The minimum Gasteiger partial charge on any atom is -0.497 e. The molecule has 2 N–H and O–H groups in total. The van der Waals surface area contributed by atoms with E-state index in [-0.39, 0.29) is 30.2 Å². The summed E-state index contributed by atoms with van der Waals surface area (Å²) in [5, 5.41) is 26.2. The zero-order valence-electron chi connectivity index (χ0n) is 17.3. The molecule has 3 aromatic rings. The highest BCUT2D eigenvalue weighted by Gasteiger charge is 2.25. The van der Waals surface area contributed by atoms with Crippen LogP contribution in [-0.4, -0.2) is 41.7 Å². The second-order valence-corrected chi connectivity index (χ2v) is 7.26. The lowest BCUT2D eigenvalue weighted by atomic mass is 10.1. The van der Waals surface area contributed by atoms with Gasteiger partial charge in [0.15, 0.2) is 11.5 Å². The van der Waals surface area contributed by atoms with Gasteiger partial charge in [-0.15, -0.1) is 11.3 Å². The highest BCUT2D eigenvalue weighted by atomic mass is 32.1. The maximum Gasteiger partial charge on any atom is 0.286 e. The normalized spacial score (nSPS) is 11.5. The number of methoxy groups -OCH3 is 2. The van der Waals surface area contributed by atoms with Gasteiger partial charge in [0.1, 0.15) is 17.9 Å². The molecule has 0 aliphatic heterocycles. The van der Waals surface area contributed by atoms with E-state index in [4.69, 9.17) is 14.2 Å². The quantitative estimate of drug-likeness (QED) is 0.349. The molecule has 11 heteroatoms. The predicted octanol–water partition coefficient (Wildman–Crippen LogP) is 3.11. The van der Waals surface area contributed by atoms with Gasteiger partial charge in [-0.2, -0.15) is 0 Å². The number of rotatable bonds is 10. The summed E-state index contributed by atoms with van der Waals surface area (Å²) in [5.74, 6) is 0.173. The van der Waals surface area contributed by atoms with E-state index in [9.17, 15) is 20.0 Å². The van der Waals surface area contributed by atoms with Gasteiger partial charge in [0.2, 0.25) is 0 Å². The van der Waals surface area contributed by atoms with Crippen molar-refractivity contribution in [3.63, 3.8) is 0 Å². The molecule has 0 radical (unpaired) electrons. The number of aliphatic hydroxyl groups is 1. The van der Waals surface area contributed by atoms with Crippen LogP contribution in [0.15, 0.2) is 47.3 Å². The van der Waals surface area contributed by atoms with Crippen molar-refractivity contribution in [1.82, 2.24) is 10.3 Å². The van der Waals surface area contributed by atoms with Crippen LogP contribution in [0.1, 0.15) is 27.7 Å². The fourth-order valence-electron chi connectivity index (χ4n) is 2.84. The summed E-state index contributed by atoms with van der Waals surface area (Å²) in [4.78, 5) is 27.7. The van der Waals surface area contributed by atoms with E-state index >= 15 is 0 Å². The third kappa shape index (κ3) is 5.50. The maximum absolute atomic E-state index is 12.7. The smallest absolute Gasteiger partial charge is 0.286 e. The van der Waals surface area contributed by atoms with Crippen LogP contribution in [0, 0.1) is 10.1 Å². The van der Waals surface area contributed by atoms with Crippen molar-refractivity contribution in [1.29, 1.82) is 0 Å². The van der Waals surface area contributed by atoms with Gasteiger partial charge in [0.25, 0.3) is 11.6 Å². The number of aromatic nitrogens is 1. The number of ether oxygens (including phenoxy) is 3. The lowest BCUT2D eigenvalue weighted by Crippen LogP contribution is -2.29. The summed E-state index contributed by atoms with van der Waals surface area (Å²) in [6.07, 6.45) is -1.01. The number of carbonyl (C=O) groups is 1. The molecule has 1 unspecified atom stereocenters. The summed E-state index contributed by atoms with van der Waals surface area (Å²) in [7, 11) is 2.90. The Bertz CT molecular complexity index is 1070. The molecule has 0 bridgehead atoms. The molecule has 1 atom stereocenters. The number of carbonyl (C=O) groups excluding carboxylic acids is 1. The molecule has 1 aromatic heterocycles. The minimum atomic E-state index is -1.01. The Hall–Kier alpha value is -3.70. The Morgan fingerprint density at radius 2 is 1.97 bits per heavy atom. The summed E-state index contributed by atoms with van der Waals surface area (Å²) in [6, 6.07) is 9.07. The minimum absolute atomic E-state index is 0.0939. The molecular formula is C21H21N3O7S. The summed E-state index contributed by atoms with van der Waals surface area (Å²) < 4.78 is 15.9. The van der Waals surface area contributed by atoms with Crippen LogP contribution in [0.2, 0.25) is 0 Å². The van der Waals surface area contributed by atoms with E-state index in [0.717, 1.165) is 6.07 Å². The van der Waals surface area contributed by atoms with Crippen LogP contribution in [-0.2, 0) is 6.61 Å². The van der Waals surface area contributed by atoms with E-state index in [1.807, 2.05) is 0 Å². The average molecular weight is 459 g/mol. The molecular weight excluding hydrogens is 438 g/mol. The lowest BCUT2D eigenvalue weighted by Gasteiger charge is -2.14. The first-order valence-corrected chi connectivity index (χ1v) is 10.3. The largest absolute Gasteiger partial charge is 0.497 e. The van der Waals surface area contributed by atoms with E-state index in [2.05, 4.69) is 10.3 Å². The standard InChI is InChI=1S/C21H21N3O7S/c1-29-15-5-3-13(4-6-15)18(25)9-22-21(26)16-7-19(30-2)20(8-17(16)24(27)28)31-10-14-11-32-12-23-14/h3-8,11-12,18,25H,9-10H2,1-2H3,(H,22,26). The summed E-state index contributed by atoms with van der Waals surface area (Å²) in [5.41, 5.74) is 2.20. The molecule has 0 aliphatic rings. The number of nitrogens with one attached hydrogen (secondary N) is 1. The third-order valence-corrected chi connectivity index (χ3v) is 5.17. The molecule has 2 aromatic carbocycles. The van der Waals surface area contributed by atoms with Crippen molar-refractivity contribution in [2.75, 3.05) is 20.8 Å². The second kappa shape index (κ2) is 10.6. The Morgan fingerprint density at radius 3 is 2.56 bits per heavy atom. The molecule has 0 saturated heterocycles. The van der Waals surface area contributed by atoms with E-state index in [1.165, 1.54) is 31.6 Å². The number of hydrogen-bond donors (Lipinski definition) is 2. The summed E-state index contributed by atoms with van der Waals surface area (Å²) >= 11 is 1.40. The zero-order chi connectivity index (χ0) is 23.1. The van der Waals surface area contributed by atoms with Crippen LogP contribution < -0.4 is 19.5 Å². The Kier molecular flexibility index (Phi) is 7.58. The molecule has 0 spiro atoms. The molecule has 168 valence electrons. The van der Waals surface area contributed by atoms with Crippen molar-refractivity contribution in [3.8, 4) is 17.2 Å². The first kappa shape index (κ1) is 23.0. The molecule has 1 amide bonds. The molecule has 1 heterocycles. The summed E-state index contributed by atoms with van der Waals surface area (Å²) in [6.45, 7) is -0.0523. The highest BCUT2D eigenvalue weighted by molar-refractivity contribution is 7.07. The SMILES string of the molecule is COc1ccc(C(O)CNC(=O)c2cc(OC)c(OCc3cscn3)cc2[N+](=O)[O-])cc1. The molecule has 32 heavy (non-hydrogen) atoms. The van der Waals surface area contributed by atoms with Crippen molar-refractivity contribution in [2.24, 2.45) is 0 Å². The highest BCUT2D eigenvalue weighted by Crippen LogP contribution is 2.35. The molecule has 0 aliphatic carbocycles. The number of thiazole rings is 1. The van der Waals surface area contributed by atoms with Gasteiger partial charge < -0.3 is 24.6 Å². The first-order valence-electron chi connectivity index (χ1n) is 9.39. The Labute approximate surface area is 187 Å². The van der Waals surface area contributed by atoms with Crippen molar-refractivity contribution in [3.05, 3.63) is 74.2 Å². The lowest BCUT2D eigenvalue weighted by molar-refractivity contribution is -0.385. The van der Waals surface area contributed by atoms with Crippen molar-refractivity contribution in [2.45, 2.75) is 12.7 Å². The van der Waals surface area contributed by atoms with Crippen LogP contribution in [0.4, 0.5) is 5.69 Å². The number of nitro benzene ring substituents is 1. The number of nitro groups is 1. The monoisotopic (exact) mass is 459 g/mol. The average Bonchev–Trinajstić information content (AvgIpc) is 3.34. The van der Waals surface area contributed by atoms with Gasteiger partial charge >= 0.3 is 0 Å². The van der Waals surface area contributed by atoms with E-state index in [0.29, 0.717) is 17.0 Å². The van der Waals surface area contributed by atoms with Crippen molar-refractivity contribution < 1.29 is 29.0 Å². The Balaban J connectivity index is 1.75. The van der Waals surface area contributed by atoms with Gasteiger partial charge in [-0.3, -0.25) is 14.9 Å². The molecule has 0 fully saturated rings. The van der Waals surface area contributed by atoms with E-state index < -0.39 is 22.6 Å². The number of hydrogen-bond acceptors (Lipinski definition) is 9.